The highest BCUT2D eigenvalue weighted by Crippen LogP contribution is 2.57. The van der Waals surface area contributed by atoms with Crippen molar-refractivity contribution in [2.24, 2.45) is 0 Å². The first-order valence-electron chi connectivity index (χ1n) is 6.27. The number of aldehydes is 1. The van der Waals surface area contributed by atoms with E-state index < -0.39 is 42.2 Å². The van der Waals surface area contributed by atoms with Crippen LogP contribution in [0.1, 0.15) is 10.4 Å². The first-order valence-corrected chi connectivity index (χ1v) is 6.27. The molecule has 0 fully saturated rings. The molecule has 1 rings (SSSR count). The molecule has 0 amide bonds. The van der Waals surface area contributed by atoms with Gasteiger partial charge in [-0.15, -0.1) is 0 Å². The van der Waals surface area contributed by atoms with Crippen molar-refractivity contribution in [3.63, 3.8) is 0 Å². The number of carbonyl (C=O) groups is 1. The van der Waals surface area contributed by atoms with Crippen molar-refractivity contribution >= 4 is 6.29 Å². The van der Waals surface area contributed by atoms with Gasteiger partial charge in [-0.25, -0.2) is 0 Å². The summed E-state index contributed by atoms with van der Waals surface area (Å²) in [5, 5.41) is 0. The highest BCUT2D eigenvalue weighted by atomic mass is 19.4. The standard InChI is InChI=1S/C13H7F11O2/c14-9(15,6-26-8-3-1-7(5-25)2-4-8)10(16,17)11(18,19)12(20,21)13(22,23)24/h1-5H,6H2. The lowest BCUT2D eigenvalue weighted by molar-refractivity contribution is -0.423. The van der Waals surface area contributed by atoms with E-state index in [9.17, 15) is 53.1 Å². The van der Waals surface area contributed by atoms with Gasteiger partial charge in [0, 0.05) is 5.56 Å². The Morgan fingerprint density at radius 3 is 1.58 bits per heavy atom. The summed E-state index contributed by atoms with van der Waals surface area (Å²) in [5.74, 6) is -28.8. The Bertz CT molecular complexity index is 634. The van der Waals surface area contributed by atoms with E-state index >= 15 is 0 Å². The average molecular weight is 404 g/mol. The van der Waals surface area contributed by atoms with Crippen LogP contribution in [-0.2, 0) is 0 Å². The molecular formula is C13H7F11O2. The molecule has 0 atom stereocenters. The first-order chi connectivity index (χ1) is 11.5. The molecule has 148 valence electrons. The third-order valence-corrected chi connectivity index (χ3v) is 3.04. The zero-order chi connectivity index (χ0) is 20.6. The van der Waals surface area contributed by atoms with Crippen molar-refractivity contribution in [2.45, 2.75) is 29.9 Å². The molecule has 0 aliphatic carbocycles. The van der Waals surface area contributed by atoms with Gasteiger partial charge in [0.25, 0.3) is 0 Å². The van der Waals surface area contributed by atoms with Crippen LogP contribution in [0.3, 0.4) is 0 Å². The van der Waals surface area contributed by atoms with Crippen LogP contribution in [0, 0.1) is 0 Å². The van der Waals surface area contributed by atoms with Crippen LogP contribution in [-0.4, -0.2) is 42.8 Å². The SMILES string of the molecule is O=Cc1ccc(OCC(F)(F)C(F)(F)C(F)(F)C(F)(F)C(F)(F)F)cc1. The van der Waals surface area contributed by atoms with Gasteiger partial charge in [-0.05, 0) is 24.3 Å². The van der Waals surface area contributed by atoms with Gasteiger partial charge in [-0.2, -0.15) is 48.3 Å². The Kier molecular flexibility index (Phi) is 5.56. The van der Waals surface area contributed by atoms with E-state index in [-0.39, 0.29) is 5.56 Å². The lowest BCUT2D eigenvalue weighted by Crippen LogP contribution is -2.67. The second-order valence-corrected chi connectivity index (χ2v) is 4.90. The molecule has 0 aliphatic heterocycles. The fourth-order valence-electron chi connectivity index (χ4n) is 1.51. The average Bonchev–Trinajstić information content (AvgIpc) is 2.51. The molecule has 0 aromatic heterocycles. The molecule has 2 nitrogen and oxygen atoms in total. The third-order valence-electron chi connectivity index (χ3n) is 3.04. The van der Waals surface area contributed by atoms with Crippen molar-refractivity contribution in [3.05, 3.63) is 29.8 Å². The summed E-state index contributed by atoms with van der Waals surface area (Å²) in [6.07, 6.45) is -6.91. The molecule has 0 radical (unpaired) electrons. The van der Waals surface area contributed by atoms with Gasteiger partial charge in [0.05, 0.1) is 0 Å². The minimum Gasteiger partial charge on any atom is -0.487 e. The van der Waals surface area contributed by atoms with E-state index in [1.54, 1.807) is 0 Å². The van der Waals surface area contributed by atoms with E-state index in [1.165, 1.54) is 0 Å². The molecule has 0 spiro atoms. The van der Waals surface area contributed by atoms with Gasteiger partial charge in [0.2, 0.25) is 0 Å². The summed E-state index contributed by atoms with van der Waals surface area (Å²) in [6, 6.07) is 3.46. The maximum atomic E-state index is 13.3. The van der Waals surface area contributed by atoms with Crippen LogP contribution >= 0.6 is 0 Å². The zero-order valence-electron chi connectivity index (χ0n) is 12.1. The number of rotatable bonds is 7. The summed E-state index contributed by atoms with van der Waals surface area (Å²) in [7, 11) is 0. The Hall–Kier alpha value is -2.08. The summed E-state index contributed by atoms with van der Waals surface area (Å²) >= 11 is 0. The molecule has 0 saturated carbocycles. The monoisotopic (exact) mass is 404 g/mol. The fraction of sp³-hybridized carbons (Fsp3) is 0.462. The molecule has 0 heterocycles. The lowest BCUT2D eigenvalue weighted by Gasteiger charge is -2.37. The lowest BCUT2D eigenvalue weighted by atomic mass is 9.98. The topological polar surface area (TPSA) is 26.3 Å². The van der Waals surface area contributed by atoms with Crippen LogP contribution in [0.5, 0.6) is 5.75 Å². The quantitative estimate of drug-likeness (QED) is 0.473. The van der Waals surface area contributed by atoms with Crippen LogP contribution in [0.15, 0.2) is 24.3 Å². The number of hydrogen-bond donors (Lipinski definition) is 0. The summed E-state index contributed by atoms with van der Waals surface area (Å²) in [5.41, 5.74) is -0.00853. The molecule has 1 aromatic carbocycles. The smallest absolute Gasteiger partial charge is 0.460 e. The predicted molar refractivity (Wildman–Crippen MR) is 63.2 cm³/mol. The third kappa shape index (κ3) is 3.56. The molecule has 0 saturated heterocycles. The van der Waals surface area contributed by atoms with E-state index in [1.807, 2.05) is 0 Å². The van der Waals surface area contributed by atoms with Crippen LogP contribution in [0.4, 0.5) is 48.3 Å². The second-order valence-electron chi connectivity index (χ2n) is 4.90. The molecule has 26 heavy (non-hydrogen) atoms. The van der Waals surface area contributed by atoms with Gasteiger partial charge >= 0.3 is 29.9 Å². The van der Waals surface area contributed by atoms with E-state index in [0.717, 1.165) is 24.3 Å². The minimum atomic E-state index is -7.47. The van der Waals surface area contributed by atoms with Crippen molar-refractivity contribution in [1.82, 2.24) is 0 Å². The van der Waals surface area contributed by atoms with Gasteiger partial charge in [-0.3, -0.25) is 4.79 Å². The molecule has 13 heteroatoms. The van der Waals surface area contributed by atoms with E-state index in [0.29, 0.717) is 6.29 Å². The molecule has 0 N–H and O–H groups in total. The maximum absolute atomic E-state index is 13.3. The normalized spacial score (nSPS) is 14.3. The summed E-state index contributed by atoms with van der Waals surface area (Å²) in [4.78, 5) is 10.3. The van der Waals surface area contributed by atoms with Crippen LogP contribution in [0.2, 0.25) is 0 Å². The number of hydrogen-bond acceptors (Lipinski definition) is 2. The van der Waals surface area contributed by atoms with E-state index in [4.69, 9.17) is 0 Å². The second kappa shape index (κ2) is 6.58. The van der Waals surface area contributed by atoms with Gasteiger partial charge in [-0.1, -0.05) is 0 Å². The Balaban J connectivity index is 3.08. The van der Waals surface area contributed by atoms with E-state index in [2.05, 4.69) is 4.74 Å². The number of alkyl halides is 11. The van der Waals surface area contributed by atoms with Crippen molar-refractivity contribution in [3.8, 4) is 5.75 Å². The van der Waals surface area contributed by atoms with Gasteiger partial charge in [0.15, 0.2) is 6.61 Å². The zero-order valence-corrected chi connectivity index (χ0v) is 12.1. The largest absolute Gasteiger partial charge is 0.487 e. The highest BCUT2D eigenvalue weighted by molar-refractivity contribution is 5.74. The Morgan fingerprint density at radius 2 is 1.19 bits per heavy atom. The van der Waals surface area contributed by atoms with Crippen molar-refractivity contribution in [2.75, 3.05) is 6.61 Å². The molecule has 0 unspecified atom stereocenters. The van der Waals surface area contributed by atoms with Gasteiger partial charge in [0.1, 0.15) is 12.0 Å². The molecule has 0 aliphatic rings. The van der Waals surface area contributed by atoms with Gasteiger partial charge < -0.3 is 4.74 Å². The number of halogens is 11. The summed E-state index contributed by atoms with van der Waals surface area (Å²) in [6.45, 7) is -2.63. The fourth-order valence-corrected chi connectivity index (χ4v) is 1.51. The minimum absolute atomic E-state index is 0.00853. The molecule has 0 bridgehead atoms. The molecular weight excluding hydrogens is 397 g/mol. The Morgan fingerprint density at radius 1 is 0.731 bits per heavy atom. The number of benzene rings is 1. The van der Waals surface area contributed by atoms with Crippen LogP contribution in [0.25, 0.3) is 0 Å². The first kappa shape index (κ1) is 22.0. The molecule has 1 aromatic rings. The highest BCUT2D eigenvalue weighted by Gasteiger charge is 2.87. The Labute approximate surface area is 137 Å². The predicted octanol–water partition coefficient (Wildman–Crippen LogP) is 4.98. The van der Waals surface area contributed by atoms with Crippen molar-refractivity contribution < 1.29 is 57.8 Å². The number of ether oxygens (including phenoxy) is 1. The summed E-state index contributed by atoms with van der Waals surface area (Å²) < 4.78 is 144. The van der Waals surface area contributed by atoms with Crippen molar-refractivity contribution in [1.29, 1.82) is 0 Å². The van der Waals surface area contributed by atoms with Crippen LogP contribution < -0.4 is 4.74 Å². The maximum Gasteiger partial charge on any atom is 0.460 e. The number of carbonyl (C=O) groups excluding carboxylic acids is 1.